The Labute approximate surface area is 61.1 Å². The highest BCUT2D eigenvalue weighted by atomic mass is 15.1. The summed E-state index contributed by atoms with van der Waals surface area (Å²) in [6.07, 6.45) is 5.76. The lowest BCUT2D eigenvalue weighted by molar-refractivity contribution is 0.429. The second-order valence-corrected chi connectivity index (χ2v) is 2.21. The molecule has 2 nitrogen and oxygen atoms in total. The van der Waals surface area contributed by atoms with E-state index in [1.165, 1.54) is 0 Å². The number of nitriles is 1. The number of hydrogen-bond acceptors (Lipinski definition) is 2. The molecule has 52 valence electrons. The van der Waals surface area contributed by atoms with E-state index in [0.717, 1.165) is 18.7 Å². The summed E-state index contributed by atoms with van der Waals surface area (Å²) in [5.41, 5.74) is 0.837. The van der Waals surface area contributed by atoms with Gasteiger partial charge in [0.15, 0.2) is 0 Å². The SMILES string of the molecule is CCN1C=CC=C(C#N)C1. The van der Waals surface area contributed by atoms with Gasteiger partial charge < -0.3 is 4.90 Å². The van der Waals surface area contributed by atoms with E-state index < -0.39 is 0 Å². The largest absolute Gasteiger partial charge is 0.373 e. The van der Waals surface area contributed by atoms with Crippen molar-refractivity contribution >= 4 is 0 Å². The molecule has 0 amide bonds. The number of likely N-dealkylation sites (N-methyl/N-ethyl adjacent to an activating group) is 1. The molecule has 0 saturated carbocycles. The summed E-state index contributed by atoms with van der Waals surface area (Å²) in [5.74, 6) is 0. The van der Waals surface area contributed by atoms with Crippen molar-refractivity contribution in [2.45, 2.75) is 6.92 Å². The van der Waals surface area contributed by atoms with Crippen LogP contribution in [0.5, 0.6) is 0 Å². The minimum atomic E-state index is 0.767. The van der Waals surface area contributed by atoms with Crippen LogP contribution >= 0.6 is 0 Å². The molecule has 0 aliphatic carbocycles. The molecule has 1 aliphatic rings. The third kappa shape index (κ3) is 1.38. The Balaban J connectivity index is 2.61. The van der Waals surface area contributed by atoms with Gasteiger partial charge in [0.05, 0.1) is 12.6 Å². The zero-order chi connectivity index (χ0) is 7.40. The molecule has 1 aliphatic heterocycles. The average molecular weight is 134 g/mol. The van der Waals surface area contributed by atoms with Gasteiger partial charge in [-0.25, -0.2) is 0 Å². The lowest BCUT2D eigenvalue weighted by Gasteiger charge is -2.19. The van der Waals surface area contributed by atoms with Crippen molar-refractivity contribution in [3.05, 3.63) is 23.9 Å². The van der Waals surface area contributed by atoms with Crippen LogP contribution in [-0.2, 0) is 0 Å². The van der Waals surface area contributed by atoms with Gasteiger partial charge in [-0.15, -0.1) is 0 Å². The summed E-state index contributed by atoms with van der Waals surface area (Å²) < 4.78 is 0. The second-order valence-electron chi connectivity index (χ2n) is 2.21. The van der Waals surface area contributed by atoms with Crippen LogP contribution in [0.1, 0.15) is 6.92 Å². The number of allylic oxidation sites excluding steroid dienone is 2. The minimum Gasteiger partial charge on any atom is -0.373 e. The number of hydrogen-bond donors (Lipinski definition) is 0. The van der Waals surface area contributed by atoms with Gasteiger partial charge in [0.1, 0.15) is 0 Å². The van der Waals surface area contributed by atoms with Crippen LogP contribution in [0.3, 0.4) is 0 Å². The predicted octanol–water partition coefficient (Wildman–Crippen LogP) is 1.29. The number of rotatable bonds is 1. The molecule has 0 aromatic rings. The monoisotopic (exact) mass is 134 g/mol. The fourth-order valence-corrected chi connectivity index (χ4v) is 0.895. The molecule has 0 radical (unpaired) electrons. The van der Waals surface area contributed by atoms with Crippen LogP contribution < -0.4 is 0 Å². The van der Waals surface area contributed by atoms with Crippen molar-refractivity contribution in [1.29, 1.82) is 5.26 Å². The molecular weight excluding hydrogens is 124 g/mol. The Morgan fingerprint density at radius 1 is 1.80 bits per heavy atom. The average Bonchev–Trinajstić information content (AvgIpc) is 2.05. The summed E-state index contributed by atoms with van der Waals surface area (Å²) in [6.45, 7) is 3.81. The normalized spacial score (nSPS) is 16.4. The van der Waals surface area contributed by atoms with Crippen LogP contribution in [0.4, 0.5) is 0 Å². The van der Waals surface area contributed by atoms with Crippen molar-refractivity contribution in [1.82, 2.24) is 4.90 Å². The molecule has 0 spiro atoms. The molecule has 0 bridgehead atoms. The van der Waals surface area contributed by atoms with Crippen LogP contribution in [0, 0.1) is 11.3 Å². The van der Waals surface area contributed by atoms with Crippen LogP contribution in [0.15, 0.2) is 23.9 Å². The van der Waals surface area contributed by atoms with Gasteiger partial charge in [0.25, 0.3) is 0 Å². The van der Waals surface area contributed by atoms with Crippen LogP contribution in [0.25, 0.3) is 0 Å². The van der Waals surface area contributed by atoms with Gasteiger partial charge in [-0.1, -0.05) is 0 Å². The predicted molar refractivity (Wildman–Crippen MR) is 40.1 cm³/mol. The molecule has 1 heterocycles. The highest BCUT2D eigenvalue weighted by Gasteiger charge is 2.02. The lowest BCUT2D eigenvalue weighted by atomic mass is 10.2. The van der Waals surface area contributed by atoms with Gasteiger partial charge in [-0.05, 0) is 25.3 Å². The Kier molecular flexibility index (Phi) is 2.11. The number of nitrogens with zero attached hydrogens (tertiary/aromatic N) is 2. The molecule has 0 atom stereocenters. The van der Waals surface area contributed by atoms with E-state index in [0.29, 0.717) is 0 Å². The molecule has 1 rings (SSSR count). The molecule has 10 heavy (non-hydrogen) atoms. The van der Waals surface area contributed by atoms with Gasteiger partial charge in [0, 0.05) is 12.1 Å². The van der Waals surface area contributed by atoms with E-state index >= 15 is 0 Å². The first-order valence-corrected chi connectivity index (χ1v) is 3.38. The third-order valence-electron chi connectivity index (χ3n) is 1.52. The van der Waals surface area contributed by atoms with Crippen LogP contribution in [-0.4, -0.2) is 18.0 Å². The standard InChI is InChI=1S/C8H10N2/c1-2-10-5-3-4-8(6-9)7-10/h3-5H,2,7H2,1H3. The summed E-state index contributed by atoms with van der Waals surface area (Å²) in [5, 5.41) is 8.53. The minimum absolute atomic E-state index is 0.767. The first-order valence-electron chi connectivity index (χ1n) is 3.38. The van der Waals surface area contributed by atoms with Crippen molar-refractivity contribution < 1.29 is 0 Å². The zero-order valence-corrected chi connectivity index (χ0v) is 6.04. The van der Waals surface area contributed by atoms with E-state index in [1.54, 1.807) is 0 Å². The topological polar surface area (TPSA) is 27.0 Å². The summed E-state index contributed by atoms with van der Waals surface area (Å²) >= 11 is 0. The Hall–Kier alpha value is -1.23. The maximum Gasteiger partial charge on any atom is 0.0966 e. The molecule has 0 fully saturated rings. The first-order chi connectivity index (χ1) is 4.86. The van der Waals surface area contributed by atoms with E-state index in [9.17, 15) is 0 Å². The second kappa shape index (κ2) is 3.07. The Morgan fingerprint density at radius 3 is 3.20 bits per heavy atom. The first kappa shape index (κ1) is 6.88. The molecule has 0 unspecified atom stereocenters. The maximum absolute atomic E-state index is 8.53. The van der Waals surface area contributed by atoms with Crippen molar-refractivity contribution in [2.75, 3.05) is 13.1 Å². The van der Waals surface area contributed by atoms with Gasteiger partial charge >= 0.3 is 0 Å². The van der Waals surface area contributed by atoms with Crippen molar-refractivity contribution in [3.63, 3.8) is 0 Å². The van der Waals surface area contributed by atoms with E-state index in [1.807, 2.05) is 18.4 Å². The highest BCUT2D eigenvalue weighted by molar-refractivity contribution is 5.30. The molecule has 0 N–H and O–H groups in total. The quantitative estimate of drug-likeness (QED) is 0.540. The van der Waals surface area contributed by atoms with Crippen molar-refractivity contribution in [2.24, 2.45) is 0 Å². The highest BCUT2D eigenvalue weighted by Crippen LogP contribution is 2.04. The smallest absolute Gasteiger partial charge is 0.0966 e. The van der Waals surface area contributed by atoms with E-state index in [2.05, 4.69) is 17.9 Å². The molecule has 2 heteroatoms. The van der Waals surface area contributed by atoms with Gasteiger partial charge in [-0.3, -0.25) is 0 Å². The summed E-state index contributed by atoms with van der Waals surface area (Å²) in [6, 6.07) is 2.14. The van der Waals surface area contributed by atoms with E-state index in [-0.39, 0.29) is 0 Å². The van der Waals surface area contributed by atoms with Crippen molar-refractivity contribution in [3.8, 4) is 6.07 Å². The van der Waals surface area contributed by atoms with E-state index in [4.69, 9.17) is 5.26 Å². The zero-order valence-electron chi connectivity index (χ0n) is 6.04. The molecule has 0 aromatic heterocycles. The molecule has 0 saturated heterocycles. The fourth-order valence-electron chi connectivity index (χ4n) is 0.895. The van der Waals surface area contributed by atoms with Gasteiger partial charge in [0.2, 0.25) is 0 Å². The molecule has 0 aromatic carbocycles. The molecular formula is C8H10N2. The summed E-state index contributed by atoms with van der Waals surface area (Å²) in [4.78, 5) is 2.10. The Bertz CT molecular complexity index is 208. The lowest BCUT2D eigenvalue weighted by Crippen LogP contribution is -2.20. The van der Waals surface area contributed by atoms with Crippen LogP contribution in [0.2, 0.25) is 0 Å². The van der Waals surface area contributed by atoms with Gasteiger partial charge in [-0.2, -0.15) is 5.26 Å². The Morgan fingerprint density at radius 2 is 2.60 bits per heavy atom. The maximum atomic E-state index is 8.53. The summed E-state index contributed by atoms with van der Waals surface area (Å²) in [7, 11) is 0. The fraction of sp³-hybridized carbons (Fsp3) is 0.375. The third-order valence-corrected chi connectivity index (χ3v) is 1.52.